The highest BCUT2D eigenvalue weighted by Gasteiger charge is 2.31. The van der Waals surface area contributed by atoms with Crippen LogP contribution in [0.1, 0.15) is 11.5 Å². The minimum atomic E-state index is -0.662. The molecule has 0 saturated heterocycles. The van der Waals surface area contributed by atoms with Crippen molar-refractivity contribution in [3.05, 3.63) is 28.2 Å². The number of anilines is 1. The van der Waals surface area contributed by atoms with Crippen LogP contribution in [-0.4, -0.2) is 12.2 Å². The van der Waals surface area contributed by atoms with Crippen LogP contribution in [0.25, 0.3) is 0 Å². The molecule has 1 aliphatic heterocycles. The number of carbonyl (C=O) groups is 2. The third kappa shape index (κ3) is 1.18. The summed E-state index contributed by atoms with van der Waals surface area (Å²) in [6, 6.07) is 5.41. The zero-order valence-corrected chi connectivity index (χ0v) is 8.17. The molecule has 1 aliphatic rings. The van der Waals surface area contributed by atoms with Crippen molar-refractivity contribution in [3.8, 4) is 0 Å². The van der Waals surface area contributed by atoms with E-state index >= 15 is 0 Å². The van der Waals surface area contributed by atoms with Crippen molar-refractivity contribution in [1.29, 1.82) is 0 Å². The molecule has 1 aromatic rings. The van der Waals surface area contributed by atoms with E-state index in [0.717, 1.165) is 15.7 Å². The number of hydrogen-bond acceptors (Lipinski definition) is 2. The van der Waals surface area contributed by atoms with Crippen molar-refractivity contribution in [2.45, 2.75) is 5.92 Å². The number of aldehydes is 1. The van der Waals surface area contributed by atoms with Crippen LogP contribution in [0.15, 0.2) is 22.7 Å². The topological polar surface area (TPSA) is 46.2 Å². The van der Waals surface area contributed by atoms with E-state index in [2.05, 4.69) is 21.2 Å². The Kier molecular flexibility index (Phi) is 1.92. The molecule has 0 aliphatic carbocycles. The van der Waals surface area contributed by atoms with Crippen LogP contribution in [0.4, 0.5) is 5.69 Å². The molecule has 66 valence electrons. The smallest absolute Gasteiger partial charge is 0.239 e. The molecule has 1 unspecified atom stereocenters. The third-order valence-corrected chi connectivity index (χ3v) is 2.73. The zero-order chi connectivity index (χ0) is 9.42. The van der Waals surface area contributed by atoms with Gasteiger partial charge >= 0.3 is 0 Å². The third-order valence-electron chi connectivity index (χ3n) is 2.04. The Labute approximate surface area is 83.3 Å². The molecule has 0 aromatic heterocycles. The maximum absolute atomic E-state index is 11.3. The monoisotopic (exact) mass is 239 g/mol. The molecule has 2 rings (SSSR count). The van der Waals surface area contributed by atoms with Crippen LogP contribution in [0.2, 0.25) is 0 Å². The number of nitrogens with one attached hydrogen (secondary N) is 1. The number of carbonyl (C=O) groups excluding carboxylic acids is 2. The van der Waals surface area contributed by atoms with Crippen LogP contribution in [0.3, 0.4) is 0 Å². The molecule has 1 aromatic carbocycles. The van der Waals surface area contributed by atoms with Crippen molar-refractivity contribution < 1.29 is 9.59 Å². The van der Waals surface area contributed by atoms with E-state index in [4.69, 9.17) is 0 Å². The second-order valence-corrected chi connectivity index (χ2v) is 3.66. The lowest BCUT2D eigenvalue weighted by molar-refractivity contribution is -0.121. The number of benzene rings is 1. The zero-order valence-electron chi connectivity index (χ0n) is 6.58. The second kappa shape index (κ2) is 2.96. The molecule has 1 atom stereocenters. The second-order valence-electron chi connectivity index (χ2n) is 2.80. The molecule has 0 fully saturated rings. The highest BCUT2D eigenvalue weighted by atomic mass is 79.9. The predicted molar refractivity (Wildman–Crippen MR) is 51.6 cm³/mol. The standard InChI is InChI=1S/C9H6BrNO2/c10-6-2-1-3-7-8(6)5(4-12)9(13)11-7/h1-5H,(H,11,13). The molecule has 4 heteroatoms. The maximum atomic E-state index is 11.3. The van der Waals surface area contributed by atoms with Gasteiger partial charge in [0.2, 0.25) is 5.91 Å². The molecular weight excluding hydrogens is 234 g/mol. The average Bonchev–Trinajstić information content (AvgIpc) is 2.42. The van der Waals surface area contributed by atoms with E-state index in [1.807, 2.05) is 12.1 Å². The summed E-state index contributed by atoms with van der Waals surface area (Å²) in [7, 11) is 0. The van der Waals surface area contributed by atoms with Crippen molar-refractivity contribution >= 4 is 33.8 Å². The van der Waals surface area contributed by atoms with E-state index in [9.17, 15) is 9.59 Å². The predicted octanol–water partition coefficient (Wildman–Crippen LogP) is 1.68. The van der Waals surface area contributed by atoms with Gasteiger partial charge in [-0.05, 0) is 12.1 Å². The van der Waals surface area contributed by atoms with Crippen LogP contribution >= 0.6 is 15.9 Å². The van der Waals surface area contributed by atoms with Gasteiger partial charge in [0.1, 0.15) is 12.2 Å². The van der Waals surface area contributed by atoms with Gasteiger partial charge in [0.05, 0.1) is 0 Å². The number of hydrogen-bond donors (Lipinski definition) is 1. The highest BCUT2D eigenvalue weighted by molar-refractivity contribution is 9.10. The van der Waals surface area contributed by atoms with Crippen molar-refractivity contribution in [2.75, 3.05) is 5.32 Å². The minimum Gasteiger partial charge on any atom is -0.325 e. The number of fused-ring (bicyclic) bond motifs is 1. The fourth-order valence-corrected chi connectivity index (χ4v) is 2.05. The van der Waals surface area contributed by atoms with Gasteiger partial charge in [-0.2, -0.15) is 0 Å². The van der Waals surface area contributed by atoms with Gasteiger partial charge < -0.3 is 10.1 Å². The van der Waals surface area contributed by atoms with Gasteiger partial charge in [-0.15, -0.1) is 0 Å². The minimum absolute atomic E-state index is 0.253. The van der Waals surface area contributed by atoms with Gasteiger partial charge in [-0.1, -0.05) is 22.0 Å². The summed E-state index contributed by atoms with van der Waals surface area (Å²) in [5.74, 6) is -0.914. The van der Waals surface area contributed by atoms with Crippen molar-refractivity contribution in [3.63, 3.8) is 0 Å². The van der Waals surface area contributed by atoms with Crippen LogP contribution in [0.5, 0.6) is 0 Å². The molecule has 1 N–H and O–H groups in total. The summed E-state index contributed by atoms with van der Waals surface area (Å²) in [6.45, 7) is 0. The number of amides is 1. The quantitative estimate of drug-likeness (QED) is 0.599. The number of halogens is 1. The summed E-state index contributed by atoms with van der Waals surface area (Å²) >= 11 is 3.30. The van der Waals surface area contributed by atoms with Crippen molar-refractivity contribution in [1.82, 2.24) is 0 Å². The largest absolute Gasteiger partial charge is 0.325 e. The van der Waals surface area contributed by atoms with E-state index in [1.165, 1.54) is 0 Å². The maximum Gasteiger partial charge on any atom is 0.239 e. The lowest BCUT2D eigenvalue weighted by Crippen LogP contribution is -2.12. The molecule has 13 heavy (non-hydrogen) atoms. The van der Waals surface area contributed by atoms with Crippen molar-refractivity contribution in [2.24, 2.45) is 0 Å². The molecule has 0 spiro atoms. The normalized spacial score (nSPS) is 19.5. The first-order valence-electron chi connectivity index (χ1n) is 3.78. The fourth-order valence-electron chi connectivity index (χ4n) is 1.43. The van der Waals surface area contributed by atoms with Gasteiger partial charge in [-0.3, -0.25) is 4.79 Å². The first kappa shape index (κ1) is 8.44. The Bertz CT molecular complexity index is 389. The Morgan fingerprint density at radius 1 is 1.46 bits per heavy atom. The fraction of sp³-hybridized carbons (Fsp3) is 0.111. The summed E-state index contributed by atoms with van der Waals surface area (Å²) in [5.41, 5.74) is 1.46. The average molecular weight is 240 g/mol. The molecule has 1 heterocycles. The first-order chi connectivity index (χ1) is 6.24. The van der Waals surface area contributed by atoms with Gasteiger partial charge in [-0.25, -0.2) is 0 Å². The lowest BCUT2D eigenvalue weighted by Gasteiger charge is -2.01. The van der Waals surface area contributed by atoms with Gasteiger partial charge in [0.25, 0.3) is 0 Å². The van der Waals surface area contributed by atoms with E-state index < -0.39 is 5.92 Å². The molecule has 0 saturated carbocycles. The van der Waals surface area contributed by atoms with Gasteiger partial charge in [0.15, 0.2) is 0 Å². The molecule has 0 bridgehead atoms. The molecule has 3 nitrogen and oxygen atoms in total. The van der Waals surface area contributed by atoms with E-state index in [-0.39, 0.29) is 5.91 Å². The lowest BCUT2D eigenvalue weighted by atomic mass is 10.0. The van der Waals surface area contributed by atoms with E-state index in [1.54, 1.807) is 6.07 Å². The van der Waals surface area contributed by atoms with Crippen LogP contribution in [-0.2, 0) is 9.59 Å². The summed E-state index contributed by atoms with van der Waals surface area (Å²) in [5, 5.41) is 2.64. The Morgan fingerprint density at radius 2 is 2.23 bits per heavy atom. The summed E-state index contributed by atoms with van der Waals surface area (Å²) < 4.78 is 0.792. The van der Waals surface area contributed by atoms with Crippen LogP contribution < -0.4 is 5.32 Å². The summed E-state index contributed by atoms with van der Waals surface area (Å²) in [4.78, 5) is 21.9. The highest BCUT2D eigenvalue weighted by Crippen LogP contribution is 2.36. The molecular formula is C9H6BrNO2. The van der Waals surface area contributed by atoms with Gasteiger partial charge in [0, 0.05) is 15.7 Å². The number of rotatable bonds is 1. The molecule has 1 amide bonds. The van der Waals surface area contributed by atoms with E-state index in [0.29, 0.717) is 6.29 Å². The SMILES string of the molecule is O=CC1C(=O)Nc2cccc(Br)c21. The Morgan fingerprint density at radius 3 is 2.92 bits per heavy atom. The Hall–Kier alpha value is -1.16. The first-order valence-corrected chi connectivity index (χ1v) is 4.58. The Balaban J connectivity index is 2.62. The summed E-state index contributed by atoms with van der Waals surface area (Å²) in [6.07, 6.45) is 0.659. The molecule has 0 radical (unpaired) electrons. The van der Waals surface area contributed by atoms with Crippen LogP contribution in [0, 0.1) is 0 Å².